The highest BCUT2D eigenvalue weighted by Gasteiger charge is 2.04. The minimum atomic E-state index is 0.0165. The van der Waals surface area contributed by atoms with Crippen molar-refractivity contribution in [3.05, 3.63) is 59.7 Å². The first-order valence-electron chi connectivity index (χ1n) is 7.23. The van der Waals surface area contributed by atoms with Gasteiger partial charge >= 0.3 is 0 Å². The number of rotatable bonds is 6. The molecule has 3 nitrogen and oxygen atoms in total. The van der Waals surface area contributed by atoms with E-state index in [-0.39, 0.29) is 5.91 Å². The van der Waals surface area contributed by atoms with Gasteiger partial charge in [-0.05, 0) is 36.1 Å². The zero-order valence-electron chi connectivity index (χ0n) is 12.6. The van der Waals surface area contributed by atoms with E-state index in [0.717, 1.165) is 24.3 Å². The van der Waals surface area contributed by atoms with Gasteiger partial charge in [0.2, 0.25) is 5.91 Å². The third-order valence-electron chi connectivity index (χ3n) is 3.43. The van der Waals surface area contributed by atoms with Crippen LogP contribution in [0.25, 0.3) is 0 Å². The number of hydrogen-bond donors (Lipinski definition) is 1. The van der Waals surface area contributed by atoms with Gasteiger partial charge in [-0.15, -0.1) is 0 Å². The summed E-state index contributed by atoms with van der Waals surface area (Å²) in [6, 6.07) is 15.8. The van der Waals surface area contributed by atoms with Crippen molar-refractivity contribution in [3.8, 4) is 5.75 Å². The van der Waals surface area contributed by atoms with Crippen LogP contribution in [0.3, 0.4) is 0 Å². The Morgan fingerprint density at radius 2 is 1.81 bits per heavy atom. The van der Waals surface area contributed by atoms with Gasteiger partial charge in [-0.3, -0.25) is 4.79 Å². The van der Waals surface area contributed by atoms with Crippen LogP contribution in [0.5, 0.6) is 5.75 Å². The van der Waals surface area contributed by atoms with E-state index in [2.05, 4.69) is 36.5 Å². The average molecular weight is 283 g/mol. The van der Waals surface area contributed by atoms with Gasteiger partial charge in [0, 0.05) is 18.2 Å². The molecule has 0 fully saturated rings. The van der Waals surface area contributed by atoms with Crippen LogP contribution in [0.1, 0.15) is 24.5 Å². The summed E-state index contributed by atoms with van der Waals surface area (Å²) in [5.41, 5.74) is 3.27. The smallest absolute Gasteiger partial charge is 0.224 e. The Labute approximate surface area is 126 Å². The molecule has 21 heavy (non-hydrogen) atoms. The van der Waals surface area contributed by atoms with Crippen LogP contribution in [0, 0.1) is 0 Å². The minimum Gasteiger partial charge on any atom is -0.497 e. The fourth-order valence-electron chi connectivity index (χ4n) is 2.12. The molecule has 0 saturated heterocycles. The van der Waals surface area contributed by atoms with Gasteiger partial charge in [-0.25, -0.2) is 0 Å². The highest BCUT2D eigenvalue weighted by atomic mass is 16.5. The number of methoxy groups -OCH3 is 1. The lowest BCUT2D eigenvalue weighted by molar-refractivity contribution is -0.116. The Kier molecular flexibility index (Phi) is 5.38. The molecule has 2 rings (SSSR count). The average Bonchev–Trinajstić information content (AvgIpc) is 2.53. The number of carbonyl (C=O) groups excluding carboxylic acids is 1. The van der Waals surface area contributed by atoms with Crippen molar-refractivity contribution in [2.45, 2.75) is 26.2 Å². The highest BCUT2D eigenvalue weighted by Crippen LogP contribution is 2.17. The molecular formula is C18H21NO2. The summed E-state index contributed by atoms with van der Waals surface area (Å²) in [6.45, 7) is 2.14. The molecule has 110 valence electrons. The zero-order chi connectivity index (χ0) is 15.1. The summed E-state index contributed by atoms with van der Waals surface area (Å²) in [6.07, 6.45) is 2.26. The zero-order valence-corrected chi connectivity index (χ0v) is 12.6. The van der Waals surface area contributed by atoms with Crippen LogP contribution in [-0.2, 0) is 17.6 Å². The number of nitrogens with one attached hydrogen (secondary N) is 1. The van der Waals surface area contributed by atoms with Crippen molar-refractivity contribution in [3.63, 3.8) is 0 Å². The van der Waals surface area contributed by atoms with Crippen molar-refractivity contribution in [1.29, 1.82) is 0 Å². The highest BCUT2D eigenvalue weighted by molar-refractivity contribution is 5.91. The predicted molar refractivity (Wildman–Crippen MR) is 85.8 cm³/mol. The summed E-state index contributed by atoms with van der Waals surface area (Å²) in [5.74, 6) is 0.755. The second kappa shape index (κ2) is 7.48. The maximum atomic E-state index is 12.0. The fourth-order valence-corrected chi connectivity index (χ4v) is 2.12. The quantitative estimate of drug-likeness (QED) is 0.875. The van der Waals surface area contributed by atoms with Gasteiger partial charge in [0.25, 0.3) is 0 Å². The minimum absolute atomic E-state index is 0.0165. The van der Waals surface area contributed by atoms with Gasteiger partial charge in [-0.1, -0.05) is 37.3 Å². The summed E-state index contributed by atoms with van der Waals surface area (Å²) >= 11 is 0. The summed E-state index contributed by atoms with van der Waals surface area (Å²) in [4.78, 5) is 12.0. The fraction of sp³-hybridized carbons (Fsp3) is 0.278. The lowest BCUT2D eigenvalue weighted by Crippen LogP contribution is -2.12. The lowest BCUT2D eigenvalue weighted by atomic mass is 10.1. The molecule has 0 aliphatic heterocycles. The lowest BCUT2D eigenvalue weighted by Gasteiger charge is -2.07. The second-order valence-corrected chi connectivity index (χ2v) is 4.95. The SMILES string of the molecule is CCc1ccc(CCC(=O)Nc2cccc(OC)c2)cc1. The van der Waals surface area contributed by atoms with Crippen LogP contribution >= 0.6 is 0 Å². The molecule has 0 saturated carbocycles. The molecule has 0 aliphatic rings. The van der Waals surface area contributed by atoms with E-state index in [4.69, 9.17) is 4.74 Å². The van der Waals surface area contributed by atoms with Crippen molar-refractivity contribution in [1.82, 2.24) is 0 Å². The van der Waals surface area contributed by atoms with E-state index in [1.54, 1.807) is 7.11 Å². The van der Waals surface area contributed by atoms with Gasteiger partial charge < -0.3 is 10.1 Å². The molecule has 0 heterocycles. The molecule has 1 amide bonds. The van der Waals surface area contributed by atoms with Crippen molar-refractivity contribution < 1.29 is 9.53 Å². The predicted octanol–water partition coefficient (Wildman–Crippen LogP) is 3.83. The second-order valence-electron chi connectivity index (χ2n) is 4.95. The number of hydrogen-bond acceptors (Lipinski definition) is 2. The van der Waals surface area contributed by atoms with Crippen molar-refractivity contribution in [2.75, 3.05) is 12.4 Å². The number of anilines is 1. The van der Waals surface area contributed by atoms with E-state index in [0.29, 0.717) is 6.42 Å². The molecule has 2 aromatic rings. The van der Waals surface area contributed by atoms with Crippen LogP contribution in [0.4, 0.5) is 5.69 Å². The summed E-state index contributed by atoms with van der Waals surface area (Å²) < 4.78 is 5.14. The molecule has 1 N–H and O–H groups in total. The summed E-state index contributed by atoms with van der Waals surface area (Å²) in [7, 11) is 1.61. The molecule has 3 heteroatoms. The third kappa shape index (κ3) is 4.63. The Morgan fingerprint density at radius 3 is 2.48 bits per heavy atom. The van der Waals surface area contributed by atoms with Crippen LogP contribution < -0.4 is 10.1 Å². The number of ether oxygens (including phenoxy) is 1. The third-order valence-corrected chi connectivity index (χ3v) is 3.43. The topological polar surface area (TPSA) is 38.3 Å². The number of aryl methyl sites for hydroxylation is 2. The van der Waals surface area contributed by atoms with E-state index in [9.17, 15) is 4.79 Å². The Morgan fingerprint density at radius 1 is 1.10 bits per heavy atom. The Bertz CT molecular complexity index is 590. The first kappa shape index (κ1) is 15.1. The first-order chi connectivity index (χ1) is 10.2. The van der Waals surface area contributed by atoms with Gasteiger partial charge in [0.1, 0.15) is 5.75 Å². The molecule has 0 unspecified atom stereocenters. The molecule has 0 radical (unpaired) electrons. The molecule has 2 aromatic carbocycles. The number of carbonyl (C=O) groups is 1. The molecule has 0 spiro atoms. The van der Waals surface area contributed by atoms with Crippen molar-refractivity contribution >= 4 is 11.6 Å². The number of benzene rings is 2. The summed E-state index contributed by atoms with van der Waals surface area (Å²) in [5, 5.41) is 2.89. The Hall–Kier alpha value is -2.29. The van der Waals surface area contributed by atoms with Gasteiger partial charge in [-0.2, -0.15) is 0 Å². The maximum Gasteiger partial charge on any atom is 0.224 e. The molecular weight excluding hydrogens is 262 g/mol. The van der Waals surface area contributed by atoms with Gasteiger partial charge in [0.05, 0.1) is 7.11 Å². The molecule has 0 aromatic heterocycles. The van der Waals surface area contributed by atoms with E-state index in [1.807, 2.05) is 24.3 Å². The first-order valence-corrected chi connectivity index (χ1v) is 7.23. The maximum absolute atomic E-state index is 12.0. The standard InChI is InChI=1S/C18H21NO2/c1-3-14-7-9-15(10-8-14)11-12-18(20)19-16-5-4-6-17(13-16)21-2/h4-10,13H,3,11-12H2,1-2H3,(H,19,20). The largest absolute Gasteiger partial charge is 0.497 e. The van der Waals surface area contributed by atoms with Crippen LogP contribution in [-0.4, -0.2) is 13.0 Å². The van der Waals surface area contributed by atoms with E-state index in [1.165, 1.54) is 11.1 Å². The van der Waals surface area contributed by atoms with E-state index < -0.39 is 0 Å². The molecule has 0 atom stereocenters. The Balaban J connectivity index is 1.86. The van der Waals surface area contributed by atoms with Crippen LogP contribution in [0.15, 0.2) is 48.5 Å². The molecule has 0 bridgehead atoms. The van der Waals surface area contributed by atoms with Crippen molar-refractivity contribution in [2.24, 2.45) is 0 Å². The van der Waals surface area contributed by atoms with E-state index >= 15 is 0 Å². The normalized spacial score (nSPS) is 10.2. The molecule has 0 aliphatic carbocycles. The van der Waals surface area contributed by atoms with Crippen LogP contribution in [0.2, 0.25) is 0 Å². The number of amides is 1. The van der Waals surface area contributed by atoms with Gasteiger partial charge in [0.15, 0.2) is 0 Å². The monoisotopic (exact) mass is 283 g/mol.